The summed E-state index contributed by atoms with van der Waals surface area (Å²) in [4.78, 5) is 9.97. The van der Waals surface area contributed by atoms with E-state index in [4.69, 9.17) is 10.8 Å². The van der Waals surface area contributed by atoms with E-state index in [2.05, 4.69) is 15.9 Å². The Labute approximate surface area is 123 Å². The molecule has 1 unspecified atom stereocenters. The van der Waals surface area contributed by atoms with Gasteiger partial charge in [0, 0.05) is 6.04 Å². The molecule has 1 aromatic rings. The van der Waals surface area contributed by atoms with Crippen molar-refractivity contribution in [1.29, 1.82) is 0 Å². The zero-order valence-corrected chi connectivity index (χ0v) is 12.7. The molecule has 1 aliphatic carbocycles. The van der Waals surface area contributed by atoms with Crippen molar-refractivity contribution >= 4 is 21.9 Å². The van der Waals surface area contributed by atoms with E-state index >= 15 is 0 Å². The molecule has 2 rings (SSSR count). The molecule has 1 aromatic carbocycles. The standard InChI is InChI=1S/C9H9BrO2.C6H13N/c10-8(9(11)12)6-7-4-2-1-3-5-7;7-6-4-2-1-3-5-6/h1-5,8H,6H2,(H,11,12);6H,1-5,7H2. The summed E-state index contributed by atoms with van der Waals surface area (Å²) in [5.74, 6) is -0.821. The molecule has 3 N–H and O–H groups in total. The van der Waals surface area contributed by atoms with Crippen LogP contribution in [0.1, 0.15) is 37.7 Å². The summed E-state index contributed by atoms with van der Waals surface area (Å²) in [6.07, 6.45) is 7.19. The van der Waals surface area contributed by atoms with Gasteiger partial charge in [-0.3, -0.25) is 4.79 Å². The minimum Gasteiger partial charge on any atom is -0.480 e. The van der Waals surface area contributed by atoms with Crippen LogP contribution in [0.4, 0.5) is 0 Å². The van der Waals surface area contributed by atoms with Gasteiger partial charge in [0.05, 0.1) is 0 Å². The summed E-state index contributed by atoms with van der Waals surface area (Å²) in [6, 6.07) is 10.1. The smallest absolute Gasteiger partial charge is 0.317 e. The fraction of sp³-hybridized carbons (Fsp3) is 0.533. The number of nitrogens with two attached hydrogens (primary N) is 1. The molecule has 0 bridgehead atoms. The highest BCUT2D eigenvalue weighted by Crippen LogP contribution is 2.14. The number of hydrogen-bond donors (Lipinski definition) is 2. The van der Waals surface area contributed by atoms with Crippen LogP contribution in [0.15, 0.2) is 30.3 Å². The summed E-state index contributed by atoms with van der Waals surface area (Å²) in [5, 5.41) is 8.60. The number of benzene rings is 1. The fourth-order valence-corrected chi connectivity index (χ4v) is 2.42. The maximum atomic E-state index is 10.5. The van der Waals surface area contributed by atoms with Gasteiger partial charge in [0.1, 0.15) is 4.83 Å². The first-order valence-electron chi connectivity index (χ1n) is 6.76. The van der Waals surface area contributed by atoms with Crippen molar-refractivity contribution in [3.05, 3.63) is 35.9 Å². The average Bonchev–Trinajstić information content (AvgIpc) is 2.41. The fourth-order valence-electron chi connectivity index (χ4n) is 2.04. The molecule has 3 nitrogen and oxygen atoms in total. The van der Waals surface area contributed by atoms with E-state index in [1.54, 1.807) is 0 Å². The lowest BCUT2D eigenvalue weighted by Crippen LogP contribution is -2.22. The molecule has 0 radical (unpaired) electrons. The number of rotatable bonds is 3. The Morgan fingerprint density at radius 2 is 1.84 bits per heavy atom. The van der Waals surface area contributed by atoms with Crippen molar-refractivity contribution in [3.63, 3.8) is 0 Å². The van der Waals surface area contributed by atoms with Gasteiger partial charge in [-0.05, 0) is 24.8 Å². The van der Waals surface area contributed by atoms with E-state index in [1.165, 1.54) is 32.1 Å². The molecule has 0 aromatic heterocycles. The molecule has 0 amide bonds. The van der Waals surface area contributed by atoms with Crippen molar-refractivity contribution in [2.75, 3.05) is 0 Å². The van der Waals surface area contributed by atoms with Gasteiger partial charge in [-0.2, -0.15) is 0 Å². The first kappa shape index (κ1) is 16.2. The first-order valence-corrected chi connectivity index (χ1v) is 7.67. The second-order valence-corrected chi connectivity index (χ2v) is 6.00. The number of carbonyl (C=O) groups is 1. The number of halogens is 1. The van der Waals surface area contributed by atoms with Gasteiger partial charge in [0.25, 0.3) is 0 Å². The quantitative estimate of drug-likeness (QED) is 0.837. The number of aliphatic carboxylic acids is 1. The highest BCUT2D eigenvalue weighted by molar-refractivity contribution is 9.10. The molecular weight excluding hydrogens is 306 g/mol. The normalized spacial score (nSPS) is 17.2. The molecule has 1 atom stereocenters. The Kier molecular flexibility index (Phi) is 7.75. The maximum absolute atomic E-state index is 10.5. The SMILES string of the molecule is NC1CCCCC1.O=C(O)C(Br)Cc1ccccc1. The number of carboxylic acids is 1. The zero-order chi connectivity index (χ0) is 14.1. The van der Waals surface area contributed by atoms with Gasteiger partial charge in [0.15, 0.2) is 0 Å². The Morgan fingerprint density at radius 1 is 1.26 bits per heavy atom. The highest BCUT2D eigenvalue weighted by atomic mass is 79.9. The van der Waals surface area contributed by atoms with Gasteiger partial charge >= 0.3 is 5.97 Å². The van der Waals surface area contributed by atoms with Crippen molar-refractivity contribution in [2.24, 2.45) is 5.73 Å². The molecule has 0 heterocycles. The van der Waals surface area contributed by atoms with Crippen LogP contribution in [0.5, 0.6) is 0 Å². The molecule has 19 heavy (non-hydrogen) atoms. The van der Waals surface area contributed by atoms with Gasteiger partial charge < -0.3 is 10.8 Å². The van der Waals surface area contributed by atoms with Gasteiger partial charge in [-0.25, -0.2) is 0 Å². The second-order valence-electron chi connectivity index (χ2n) is 4.89. The monoisotopic (exact) mass is 327 g/mol. The topological polar surface area (TPSA) is 63.3 Å². The molecule has 0 spiro atoms. The van der Waals surface area contributed by atoms with Crippen LogP contribution in [0, 0.1) is 0 Å². The summed E-state index contributed by atoms with van der Waals surface area (Å²) < 4.78 is 0. The van der Waals surface area contributed by atoms with Gasteiger partial charge in [0.2, 0.25) is 0 Å². The third-order valence-corrected chi connectivity index (χ3v) is 3.89. The van der Waals surface area contributed by atoms with Crippen LogP contribution >= 0.6 is 15.9 Å². The third kappa shape index (κ3) is 7.33. The molecule has 1 saturated carbocycles. The molecule has 106 valence electrons. The van der Waals surface area contributed by atoms with Crippen LogP contribution in [0.2, 0.25) is 0 Å². The van der Waals surface area contributed by atoms with E-state index < -0.39 is 10.8 Å². The number of alkyl halides is 1. The largest absolute Gasteiger partial charge is 0.480 e. The summed E-state index contributed by atoms with van der Waals surface area (Å²) >= 11 is 3.08. The summed E-state index contributed by atoms with van der Waals surface area (Å²) in [6.45, 7) is 0. The first-order chi connectivity index (χ1) is 9.09. The predicted molar refractivity (Wildman–Crippen MR) is 81.6 cm³/mol. The van der Waals surface area contributed by atoms with E-state index in [-0.39, 0.29) is 0 Å². The lowest BCUT2D eigenvalue weighted by atomic mass is 9.97. The van der Waals surface area contributed by atoms with Crippen molar-refractivity contribution in [2.45, 2.75) is 49.4 Å². The van der Waals surface area contributed by atoms with Gasteiger partial charge in [-0.1, -0.05) is 65.5 Å². The number of hydrogen-bond acceptors (Lipinski definition) is 2. The van der Waals surface area contributed by atoms with E-state index in [0.717, 1.165) is 5.56 Å². The second kappa shape index (κ2) is 9.10. The van der Waals surface area contributed by atoms with E-state index in [9.17, 15) is 4.79 Å². The van der Waals surface area contributed by atoms with Crippen LogP contribution in [0.3, 0.4) is 0 Å². The zero-order valence-electron chi connectivity index (χ0n) is 11.1. The van der Waals surface area contributed by atoms with Crippen LogP contribution in [0.25, 0.3) is 0 Å². The van der Waals surface area contributed by atoms with E-state index in [1.807, 2.05) is 30.3 Å². The number of carboxylic acid groups (broad SMARTS) is 1. The van der Waals surface area contributed by atoms with Gasteiger partial charge in [-0.15, -0.1) is 0 Å². The lowest BCUT2D eigenvalue weighted by Gasteiger charge is -2.15. The third-order valence-electron chi connectivity index (χ3n) is 3.18. The Bertz CT molecular complexity index is 364. The molecule has 0 aliphatic heterocycles. The van der Waals surface area contributed by atoms with Crippen LogP contribution in [-0.2, 0) is 11.2 Å². The average molecular weight is 328 g/mol. The Balaban J connectivity index is 0.000000218. The lowest BCUT2D eigenvalue weighted by molar-refractivity contribution is -0.136. The van der Waals surface area contributed by atoms with Crippen molar-refractivity contribution in [3.8, 4) is 0 Å². The molecule has 1 aliphatic rings. The minimum atomic E-state index is -0.821. The Morgan fingerprint density at radius 3 is 2.26 bits per heavy atom. The van der Waals surface area contributed by atoms with Crippen molar-refractivity contribution < 1.29 is 9.90 Å². The van der Waals surface area contributed by atoms with E-state index in [0.29, 0.717) is 12.5 Å². The molecular formula is C15H22BrNO2. The van der Waals surface area contributed by atoms with Crippen molar-refractivity contribution in [1.82, 2.24) is 0 Å². The molecule has 1 fully saturated rings. The Hall–Kier alpha value is -0.870. The summed E-state index contributed by atoms with van der Waals surface area (Å²) in [7, 11) is 0. The summed E-state index contributed by atoms with van der Waals surface area (Å²) in [5.41, 5.74) is 6.66. The maximum Gasteiger partial charge on any atom is 0.317 e. The molecule has 4 heteroatoms. The highest BCUT2D eigenvalue weighted by Gasteiger charge is 2.12. The van der Waals surface area contributed by atoms with Crippen LogP contribution in [-0.4, -0.2) is 21.9 Å². The molecule has 0 saturated heterocycles. The predicted octanol–water partition coefficient (Wildman–Crippen LogP) is 3.36. The van der Waals surface area contributed by atoms with Crippen LogP contribution < -0.4 is 5.73 Å². The minimum absolute atomic E-state index is 0.486.